The van der Waals surface area contributed by atoms with Gasteiger partial charge >= 0.3 is 6.18 Å². The molecule has 27 heavy (non-hydrogen) atoms. The van der Waals surface area contributed by atoms with Crippen LogP contribution in [-0.2, 0) is 12.7 Å². The number of aryl methyl sites for hydroxylation is 1. The van der Waals surface area contributed by atoms with Crippen LogP contribution in [0.4, 0.5) is 13.2 Å². The first-order valence-corrected chi connectivity index (χ1v) is 8.21. The molecule has 3 aromatic rings. The van der Waals surface area contributed by atoms with E-state index in [0.29, 0.717) is 23.5 Å². The fraction of sp³-hybridized carbons (Fsp3) is 0.294. The summed E-state index contributed by atoms with van der Waals surface area (Å²) in [5, 5.41) is 12.5. The maximum atomic E-state index is 12.7. The molecule has 3 rings (SSSR count). The molecule has 0 unspecified atom stereocenters. The smallest absolute Gasteiger partial charge is 0.342 e. The van der Waals surface area contributed by atoms with Crippen LogP contribution in [-0.4, -0.2) is 30.9 Å². The van der Waals surface area contributed by atoms with Crippen molar-refractivity contribution in [1.82, 2.24) is 30.3 Å². The zero-order valence-corrected chi connectivity index (χ0v) is 14.6. The molecule has 0 aliphatic heterocycles. The third-order valence-corrected chi connectivity index (χ3v) is 3.98. The number of alkyl halides is 3. The predicted octanol–water partition coefficient (Wildman–Crippen LogP) is 3.20. The Morgan fingerprint density at radius 2 is 2.11 bits per heavy atom. The van der Waals surface area contributed by atoms with Gasteiger partial charge in [-0.05, 0) is 32.0 Å². The molecule has 0 bridgehead atoms. The Kier molecular flexibility index (Phi) is 4.98. The molecule has 1 atom stereocenters. The minimum Gasteiger partial charge on any atom is -0.342 e. The number of amides is 1. The van der Waals surface area contributed by atoms with E-state index in [4.69, 9.17) is 0 Å². The monoisotopic (exact) mass is 378 g/mol. The average Bonchev–Trinajstić information content (AvgIpc) is 3.30. The first-order chi connectivity index (χ1) is 12.8. The van der Waals surface area contributed by atoms with Crippen LogP contribution >= 0.6 is 0 Å². The fourth-order valence-corrected chi connectivity index (χ4v) is 2.63. The Balaban J connectivity index is 1.79. The van der Waals surface area contributed by atoms with Crippen molar-refractivity contribution in [2.45, 2.75) is 32.6 Å². The van der Waals surface area contributed by atoms with Crippen LogP contribution in [0.25, 0.3) is 11.3 Å². The summed E-state index contributed by atoms with van der Waals surface area (Å²) in [4.78, 5) is 16.7. The van der Waals surface area contributed by atoms with Gasteiger partial charge in [-0.25, -0.2) is 9.67 Å². The van der Waals surface area contributed by atoms with Crippen LogP contribution in [0.5, 0.6) is 0 Å². The number of nitrogens with one attached hydrogen (secondary N) is 2. The Labute approximate surface area is 152 Å². The molecule has 0 saturated carbocycles. The summed E-state index contributed by atoms with van der Waals surface area (Å²) in [5.41, 5.74) is -0.132. The third kappa shape index (κ3) is 3.99. The maximum Gasteiger partial charge on any atom is 0.432 e. The highest BCUT2D eigenvalue weighted by Crippen LogP contribution is 2.30. The lowest BCUT2D eigenvalue weighted by Crippen LogP contribution is -2.28. The molecule has 1 amide bonds. The quantitative estimate of drug-likeness (QED) is 0.714. The zero-order valence-electron chi connectivity index (χ0n) is 14.6. The van der Waals surface area contributed by atoms with Crippen molar-refractivity contribution >= 4 is 5.91 Å². The number of nitrogens with zero attached hydrogens (tertiary/aromatic N) is 4. The summed E-state index contributed by atoms with van der Waals surface area (Å²) in [5.74, 6) is 0.241. The number of halogens is 3. The number of carbonyl (C=O) groups is 1. The lowest BCUT2D eigenvalue weighted by atomic mass is 10.1. The predicted molar refractivity (Wildman–Crippen MR) is 90.6 cm³/mol. The van der Waals surface area contributed by atoms with Gasteiger partial charge in [-0.1, -0.05) is 12.1 Å². The Bertz CT molecular complexity index is 946. The SMILES string of the molecule is CCn1ncnc1[C@@H](C)NC(=O)c1cccc(-c2cc(C(F)(F)F)[nH]n2)c1. The summed E-state index contributed by atoms with van der Waals surface area (Å²) in [6.45, 7) is 4.31. The molecular weight excluding hydrogens is 361 g/mol. The summed E-state index contributed by atoms with van der Waals surface area (Å²) in [6, 6.07) is 6.76. The van der Waals surface area contributed by atoms with Crippen LogP contribution in [0.1, 0.15) is 41.8 Å². The molecule has 142 valence electrons. The second-order valence-electron chi connectivity index (χ2n) is 5.87. The highest BCUT2D eigenvalue weighted by molar-refractivity contribution is 5.95. The van der Waals surface area contributed by atoms with Crippen molar-refractivity contribution in [2.24, 2.45) is 0 Å². The number of hydrogen-bond acceptors (Lipinski definition) is 4. The molecule has 2 aromatic heterocycles. The van der Waals surface area contributed by atoms with Crippen molar-refractivity contribution in [2.75, 3.05) is 0 Å². The molecule has 1 aromatic carbocycles. The second kappa shape index (κ2) is 7.22. The van der Waals surface area contributed by atoms with Gasteiger partial charge in [0.2, 0.25) is 0 Å². The van der Waals surface area contributed by atoms with Crippen LogP contribution in [0.15, 0.2) is 36.7 Å². The van der Waals surface area contributed by atoms with Crippen molar-refractivity contribution in [1.29, 1.82) is 0 Å². The molecular formula is C17H17F3N6O. The first-order valence-electron chi connectivity index (χ1n) is 8.21. The standard InChI is InChI=1S/C17H17F3N6O/c1-3-26-15(21-9-22-26)10(2)23-16(27)12-6-4-5-11(7-12)13-8-14(25-24-13)17(18,19)20/h4-10H,3H2,1-2H3,(H,23,27)(H,24,25)/t10-/m1/s1. The van der Waals surface area contributed by atoms with Crippen molar-refractivity contribution in [3.63, 3.8) is 0 Å². The molecule has 0 aliphatic carbocycles. The van der Waals surface area contributed by atoms with E-state index in [9.17, 15) is 18.0 Å². The lowest BCUT2D eigenvalue weighted by Gasteiger charge is -2.14. The molecule has 0 aliphatic rings. The van der Waals surface area contributed by atoms with E-state index in [0.717, 1.165) is 6.07 Å². The number of aromatic nitrogens is 5. The van der Waals surface area contributed by atoms with Crippen molar-refractivity contribution < 1.29 is 18.0 Å². The topological polar surface area (TPSA) is 88.5 Å². The number of benzene rings is 1. The maximum absolute atomic E-state index is 12.7. The van der Waals surface area contributed by atoms with Gasteiger partial charge in [0, 0.05) is 17.7 Å². The highest BCUT2D eigenvalue weighted by Gasteiger charge is 2.33. The van der Waals surface area contributed by atoms with Gasteiger partial charge in [-0.3, -0.25) is 9.89 Å². The van der Waals surface area contributed by atoms with Gasteiger partial charge in [-0.15, -0.1) is 0 Å². The number of rotatable bonds is 5. The largest absolute Gasteiger partial charge is 0.432 e. The van der Waals surface area contributed by atoms with Gasteiger partial charge < -0.3 is 5.32 Å². The van der Waals surface area contributed by atoms with Crippen molar-refractivity contribution in [3.05, 3.63) is 53.7 Å². The second-order valence-corrected chi connectivity index (χ2v) is 5.87. The highest BCUT2D eigenvalue weighted by atomic mass is 19.4. The van der Waals surface area contributed by atoms with Crippen LogP contribution in [0.3, 0.4) is 0 Å². The normalized spacial score (nSPS) is 12.8. The van der Waals surface area contributed by atoms with E-state index in [1.165, 1.54) is 12.4 Å². The molecule has 0 spiro atoms. The van der Waals surface area contributed by atoms with E-state index >= 15 is 0 Å². The molecule has 2 heterocycles. The summed E-state index contributed by atoms with van der Waals surface area (Å²) < 4.78 is 39.8. The molecule has 2 N–H and O–H groups in total. The summed E-state index contributed by atoms with van der Waals surface area (Å²) in [7, 11) is 0. The Hall–Kier alpha value is -3.17. The molecule has 7 nitrogen and oxygen atoms in total. The average molecular weight is 378 g/mol. The summed E-state index contributed by atoms with van der Waals surface area (Å²) in [6.07, 6.45) is -3.09. The zero-order chi connectivity index (χ0) is 19.6. The van der Waals surface area contributed by atoms with Gasteiger partial charge in [0.15, 0.2) is 0 Å². The first kappa shape index (κ1) is 18.6. The van der Waals surface area contributed by atoms with Gasteiger partial charge in [0.25, 0.3) is 5.91 Å². The van der Waals surface area contributed by atoms with Crippen LogP contribution in [0, 0.1) is 0 Å². The van der Waals surface area contributed by atoms with Gasteiger partial charge in [0.05, 0.1) is 11.7 Å². The lowest BCUT2D eigenvalue weighted by molar-refractivity contribution is -0.141. The fourth-order valence-electron chi connectivity index (χ4n) is 2.63. The number of carbonyl (C=O) groups excluding carboxylic acids is 1. The molecule has 10 heteroatoms. The molecule has 0 radical (unpaired) electrons. The van der Waals surface area contributed by atoms with Gasteiger partial charge in [0.1, 0.15) is 17.8 Å². The van der Waals surface area contributed by atoms with E-state index < -0.39 is 11.9 Å². The van der Waals surface area contributed by atoms with E-state index in [2.05, 4.69) is 20.5 Å². The number of aromatic amines is 1. The van der Waals surface area contributed by atoms with Crippen LogP contribution in [0.2, 0.25) is 0 Å². The molecule has 0 saturated heterocycles. The Morgan fingerprint density at radius 3 is 2.78 bits per heavy atom. The number of H-pyrrole nitrogens is 1. The third-order valence-electron chi connectivity index (χ3n) is 3.98. The Morgan fingerprint density at radius 1 is 1.33 bits per heavy atom. The van der Waals surface area contributed by atoms with E-state index in [1.54, 1.807) is 29.8 Å². The van der Waals surface area contributed by atoms with Gasteiger partial charge in [-0.2, -0.15) is 23.4 Å². The molecule has 0 fully saturated rings. The van der Waals surface area contributed by atoms with E-state index in [1.807, 2.05) is 12.0 Å². The van der Waals surface area contributed by atoms with Crippen LogP contribution < -0.4 is 5.32 Å². The minimum atomic E-state index is -4.51. The van der Waals surface area contributed by atoms with E-state index in [-0.39, 0.29) is 17.6 Å². The van der Waals surface area contributed by atoms with Crippen molar-refractivity contribution in [3.8, 4) is 11.3 Å². The summed E-state index contributed by atoms with van der Waals surface area (Å²) >= 11 is 0. The minimum absolute atomic E-state index is 0.107. The number of hydrogen-bond donors (Lipinski definition) is 2.